The minimum atomic E-state index is -0.798. The molecule has 0 saturated carbocycles. The van der Waals surface area contributed by atoms with Gasteiger partial charge in [0.1, 0.15) is 12.7 Å². The molecule has 1 heterocycles. The highest BCUT2D eigenvalue weighted by molar-refractivity contribution is 7.99. The van der Waals surface area contributed by atoms with E-state index in [1.165, 1.54) is 0 Å². The van der Waals surface area contributed by atoms with Crippen LogP contribution in [0.2, 0.25) is 0 Å². The Morgan fingerprint density at radius 3 is 1.96 bits per heavy atom. The summed E-state index contributed by atoms with van der Waals surface area (Å²) in [5.74, 6) is -0.652. The Morgan fingerprint density at radius 2 is 1.38 bits per heavy atom. The molecule has 3 aromatic rings. The summed E-state index contributed by atoms with van der Waals surface area (Å²) >= 11 is 1.70. The number of carbonyl (C=O) groups is 3. The van der Waals surface area contributed by atoms with Gasteiger partial charge in [0.15, 0.2) is 0 Å². The number of methoxy groups -OCH3 is 1. The van der Waals surface area contributed by atoms with Crippen molar-refractivity contribution < 1.29 is 38.1 Å². The van der Waals surface area contributed by atoms with Crippen molar-refractivity contribution in [3.8, 4) is 0 Å². The van der Waals surface area contributed by atoms with Crippen molar-refractivity contribution in [2.75, 3.05) is 26.1 Å². The third kappa shape index (κ3) is 10.2. The largest absolute Gasteiger partial charge is 0.465 e. The topological polar surface area (TPSA) is 97.4 Å². The Kier molecular flexibility index (Phi) is 12.6. The molecule has 0 aliphatic carbocycles. The van der Waals surface area contributed by atoms with Gasteiger partial charge < -0.3 is 23.7 Å². The number of carbonyl (C=O) groups excluding carboxylic acids is 3. The predicted molar refractivity (Wildman–Crippen MR) is 172 cm³/mol. The van der Waals surface area contributed by atoms with Crippen LogP contribution in [0.4, 0.5) is 0 Å². The third-order valence-corrected chi connectivity index (χ3v) is 8.67. The molecule has 9 heteroatoms. The van der Waals surface area contributed by atoms with Gasteiger partial charge in [-0.3, -0.25) is 4.79 Å². The second kappa shape index (κ2) is 16.6. The molecule has 0 spiro atoms. The number of benzene rings is 3. The first-order valence-electron chi connectivity index (χ1n) is 15.2. The number of hydrogen-bond acceptors (Lipinski definition) is 9. The van der Waals surface area contributed by atoms with Crippen molar-refractivity contribution in [1.29, 1.82) is 0 Å². The zero-order valence-corrected chi connectivity index (χ0v) is 27.1. The van der Waals surface area contributed by atoms with Crippen LogP contribution in [0.3, 0.4) is 0 Å². The molecule has 0 aromatic heterocycles. The first-order valence-corrected chi connectivity index (χ1v) is 16.2. The molecular weight excluding hydrogens is 592 g/mol. The van der Waals surface area contributed by atoms with Gasteiger partial charge in [0.2, 0.25) is 0 Å². The molecule has 0 amide bonds. The van der Waals surface area contributed by atoms with Crippen LogP contribution in [-0.4, -0.2) is 68.4 Å². The molecule has 1 aliphatic rings. The van der Waals surface area contributed by atoms with E-state index in [2.05, 4.69) is 12.1 Å². The molecule has 8 nitrogen and oxygen atoms in total. The average Bonchev–Trinajstić information content (AvgIpc) is 3.38. The van der Waals surface area contributed by atoms with Crippen molar-refractivity contribution in [3.05, 3.63) is 102 Å². The number of hydrogen-bond donors (Lipinski definition) is 0. The van der Waals surface area contributed by atoms with E-state index in [9.17, 15) is 14.4 Å². The molecule has 0 N–H and O–H groups in total. The van der Waals surface area contributed by atoms with Gasteiger partial charge in [-0.2, -0.15) is 0 Å². The Morgan fingerprint density at radius 1 is 0.800 bits per heavy atom. The van der Waals surface area contributed by atoms with Gasteiger partial charge in [-0.15, -0.1) is 11.8 Å². The molecule has 0 bridgehead atoms. The summed E-state index contributed by atoms with van der Waals surface area (Å²) in [5.41, 5.74) is 0.188. The monoisotopic (exact) mass is 634 g/mol. The molecule has 1 saturated heterocycles. The van der Waals surface area contributed by atoms with Crippen molar-refractivity contribution in [2.45, 2.75) is 62.9 Å². The second-order valence-electron chi connectivity index (χ2n) is 12.0. The van der Waals surface area contributed by atoms with Gasteiger partial charge in [-0.1, -0.05) is 54.6 Å². The number of esters is 3. The fourth-order valence-corrected chi connectivity index (χ4v) is 6.25. The van der Waals surface area contributed by atoms with E-state index in [1.54, 1.807) is 67.4 Å². The van der Waals surface area contributed by atoms with Gasteiger partial charge in [0, 0.05) is 36.5 Å². The van der Waals surface area contributed by atoms with Gasteiger partial charge in [0.25, 0.3) is 0 Å². The van der Waals surface area contributed by atoms with E-state index >= 15 is 0 Å². The maximum atomic E-state index is 13.1. The molecule has 5 atom stereocenters. The Hall–Kier alpha value is -3.66. The summed E-state index contributed by atoms with van der Waals surface area (Å²) in [6, 6.07) is 27.4. The Labute approximate surface area is 269 Å². The summed E-state index contributed by atoms with van der Waals surface area (Å²) in [6.07, 6.45) is -1.16. The minimum Gasteiger partial charge on any atom is -0.465 e. The average molecular weight is 635 g/mol. The van der Waals surface area contributed by atoms with Crippen LogP contribution in [0.25, 0.3) is 0 Å². The predicted octanol–water partition coefficient (Wildman–Crippen LogP) is 6.63. The van der Waals surface area contributed by atoms with E-state index < -0.39 is 29.6 Å². The highest BCUT2D eigenvalue weighted by atomic mass is 32.2. The lowest BCUT2D eigenvalue weighted by Gasteiger charge is -2.25. The minimum absolute atomic E-state index is 0.0455. The Bertz CT molecular complexity index is 1360. The van der Waals surface area contributed by atoms with Crippen LogP contribution in [0.15, 0.2) is 95.9 Å². The lowest BCUT2D eigenvalue weighted by molar-refractivity contribution is -0.153. The summed E-state index contributed by atoms with van der Waals surface area (Å²) in [4.78, 5) is 39.4. The summed E-state index contributed by atoms with van der Waals surface area (Å²) in [5, 5.41) is 0. The smallest absolute Gasteiger partial charge is 0.338 e. The molecular formula is C36H42O8S. The van der Waals surface area contributed by atoms with E-state index in [0.717, 1.165) is 4.90 Å². The third-order valence-electron chi connectivity index (χ3n) is 7.51. The Balaban J connectivity index is 1.50. The van der Waals surface area contributed by atoms with Crippen molar-refractivity contribution in [2.24, 2.45) is 11.3 Å². The van der Waals surface area contributed by atoms with Crippen molar-refractivity contribution in [3.63, 3.8) is 0 Å². The lowest BCUT2D eigenvalue weighted by Crippen LogP contribution is -2.36. The SMILES string of the molecule is CO[C@@H]1[C@@H](CSc2ccccc2)[C@H](CCOC(=O)C(C)(C)C)O[C@@H]1C[C@@H](COC(=O)c1ccccc1)OC(=O)c1ccccc1. The van der Waals surface area contributed by atoms with Crippen LogP contribution < -0.4 is 0 Å². The van der Waals surface area contributed by atoms with Crippen LogP contribution >= 0.6 is 11.8 Å². The first-order chi connectivity index (χ1) is 21.7. The van der Waals surface area contributed by atoms with Crippen LogP contribution in [-0.2, 0) is 28.5 Å². The summed E-state index contributed by atoms with van der Waals surface area (Å²) < 4.78 is 29.7. The van der Waals surface area contributed by atoms with Crippen molar-refractivity contribution in [1.82, 2.24) is 0 Å². The normalized spacial score (nSPS) is 20.3. The molecule has 1 fully saturated rings. The first kappa shape index (κ1) is 34.2. The number of rotatable bonds is 14. The van der Waals surface area contributed by atoms with E-state index in [-0.39, 0.29) is 43.7 Å². The van der Waals surface area contributed by atoms with E-state index in [0.29, 0.717) is 23.3 Å². The zero-order chi connectivity index (χ0) is 32.2. The van der Waals surface area contributed by atoms with Crippen LogP contribution in [0, 0.1) is 11.3 Å². The molecule has 45 heavy (non-hydrogen) atoms. The maximum Gasteiger partial charge on any atom is 0.338 e. The lowest BCUT2D eigenvalue weighted by atomic mass is 9.94. The van der Waals surface area contributed by atoms with Gasteiger partial charge in [-0.25, -0.2) is 9.59 Å². The fraction of sp³-hybridized carbons (Fsp3) is 0.417. The molecule has 3 aromatic carbocycles. The van der Waals surface area contributed by atoms with Crippen LogP contribution in [0.1, 0.15) is 54.3 Å². The number of ether oxygens (including phenoxy) is 5. The molecule has 1 aliphatic heterocycles. The summed E-state index contributed by atoms with van der Waals surface area (Å²) in [7, 11) is 1.64. The van der Waals surface area contributed by atoms with Gasteiger partial charge in [0.05, 0.1) is 41.5 Å². The van der Waals surface area contributed by atoms with E-state index in [4.69, 9.17) is 23.7 Å². The highest BCUT2D eigenvalue weighted by Crippen LogP contribution is 2.38. The van der Waals surface area contributed by atoms with Gasteiger partial charge in [-0.05, 0) is 57.2 Å². The number of thioether (sulfide) groups is 1. The van der Waals surface area contributed by atoms with Gasteiger partial charge >= 0.3 is 17.9 Å². The zero-order valence-electron chi connectivity index (χ0n) is 26.3. The summed E-state index contributed by atoms with van der Waals surface area (Å²) in [6.45, 7) is 5.51. The molecule has 240 valence electrons. The van der Waals surface area contributed by atoms with Crippen molar-refractivity contribution >= 4 is 29.7 Å². The molecule has 0 unspecified atom stereocenters. The standard InChI is InChI=1S/C36H42O8S/c1-36(2,3)35(39)41-21-20-30-29(24-45-28-18-12-7-13-19-28)32(40-4)31(44-30)22-27(43-34(38)26-16-10-6-11-17-26)23-42-33(37)25-14-8-5-9-15-25/h5-19,27,29-32H,20-24H2,1-4H3/t27-,29-,30-,31+,32+/m0/s1. The molecule has 4 rings (SSSR count). The van der Waals surface area contributed by atoms with Crippen LogP contribution in [0.5, 0.6) is 0 Å². The highest BCUT2D eigenvalue weighted by Gasteiger charge is 2.46. The quantitative estimate of drug-likeness (QED) is 0.110. The second-order valence-corrected chi connectivity index (χ2v) is 13.1. The fourth-order valence-electron chi connectivity index (χ4n) is 5.11. The van der Waals surface area contributed by atoms with E-state index in [1.807, 2.05) is 51.1 Å². The molecule has 0 radical (unpaired) electrons. The maximum absolute atomic E-state index is 13.1.